The number of H-pyrrole nitrogens is 1. The molecular formula is C11H18N2OS. The first kappa shape index (κ1) is 12.3. The molecule has 1 aromatic heterocycles. The van der Waals surface area contributed by atoms with Crippen LogP contribution in [0.25, 0.3) is 0 Å². The van der Waals surface area contributed by atoms with Crippen molar-refractivity contribution in [2.24, 2.45) is 0 Å². The van der Waals surface area contributed by atoms with Crippen LogP contribution in [0.15, 0.2) is 16.0 Å². The molecule has 0 aliphatic heterocycles. The van der Waals surface area contributed by atoms with E-state index in [9.17, 15) is 4.79 Å². The maximum atomic E-state index is 11.3. The second kappa shape index (κ2) is 6.67. The molecule has 0 aliphatic carbocycles. The van der Waals surface area contributed by atoms with E-state index in [1.54, 1.807) is 17.8 Å². The van der Waals surface area contributed by atoms with Gasteiger partial charge in [0, 0.05) is 17.5 Å². The molecule has 0 aliphatic rings. The van der Waals surface area contributed by atoms with Crippen LogP contribution in [0.3, 0.4) is 0 Å². The summed E-state index contributed by atoms with van der Waals surface area (Å²) < 4.78 is 0. The van der Waals surface area contributed by atoms with Gasteiger partial charge in [-0.25, -0.2) is 4.98 Å². The first-order chi connectivity index (χ1) is 7.26. The molecule has 15 heavy (non-hydrogen) atoms. The van der Waals surface area contributed by atoms with Crippen LogP contribution in [0.4, 0.5) is 0 Å². The summed E-state index contributed by atoms with van der Waals surface area (Å²) in [6.07, 6.45) is 4.22. The largest absolute Gasteiger partial charge is 0.301 e. The summed E-state index contributed by atoms with van der Waals surface area (Å²) in [5, 5.41) is 0.760. The van der Waals surface area contributed by atoms with Crippen LogP contribution in [0, 0.1) is 0 Å². The van der Waals surface area contributed by atoms with Crippen molar-refractivity contribution < 1.29 is 0 Å². The Bertz CT molecular complexity index is 319. The standard InChI is InChI=1S/C11H18N2OS/c1-3-5-6-9-8-10(14)13-11(12-9)15-7-4-2/h8H,3-7H2,1-2H3,(H,12,13,14). The van der Waals surface area contributed by atoms with Gasteiger partial charge in [-0.1, -0.05) is 32.0 Å². The Kier molecular flexibility index (Phi) is 5.47. The summed E-state index contributed by atoms with van der Waals surface area (Å²) >= 11 is 1.62. The molecule has 84 valence electrons. The molecule has 0 amide bonds. The van der Waals surface area contributed by atoms with E-state index in [1.807, 2.05) is 0 Å². The number of nitrogens with zero attached hydrogens (tertiary/aromatic N) is 1. The zero-order valence-corrected chi connectivity index (χ0v) is 10.2. The first-order valence-corrected chi connectivity index (χ1v) is 6.47. The van der Waals surface area contributed by atoms with Crippen molar-refractivity contribution in [3.05, 3.63) is 22.1 Å². The minimum Gasteiger partial charge on any atom is -0.301 e. The number of nitrogens with one attached hydrogen (secondary N) is 1. The summed E-state index contributed by atoms with van der Waals surface area (Å²) in [5.74, 6) is 1.00. The number of thioether (sulfide) groups is 1. The monoisotopic (exact) mass is 226 g/mol. The Morgan fingerprint density at radius 3 is 2.87 bits per heavy atom. The van der Waals surface area contributed by atoms with Crippen LogP contribution in [-0.2, 0) is 6.42 Å². The second-order valence-electron chi connectivity index (χ2n) is 3.49. The van der Waals surface area contributed by atoms with Crippen molar-refractivity contribution >= 4 is 11.8 Å². The van der Waals surface area contributed by atoms with E-state index in [-0.39, 0.29) is 5.56 Å². The van der Waals surface area contributed by atoms with Gasteiger partial charge in [-0.15, -0.1) is 0 Å². The molecule has 4 heteroatoms. The van der Waals surface area contributed by atoms with Gasteiger partial charge in [0.25, 0.3) is 5.56 Å². The number of aromatic amines is 1. The van der Waals surface area contributed by atoms with Crippen molar-refractivity contribution in [2.45, 2.75) is 44.7 Å². The molecule has 1 heterocycles. The molecule has 0 bridgehead atoms. The summed E-state index contributed by atoms with van der Waals surface area (Å²) in [7, 11) is 0. The smallest absolute Gasteiger partial charge is 0.251 e. The maximum absolute atomic E-state index is 11.3. The number of aryl methyl sites for hydroxylation is 1. The van der Waals surface area contributed by atoms with Gasteiger partial charge in [0.2, 0.25) is 0 Å². The highest BCUT2D eigenvalue weighted by Crippen LogP contribution is 2.12. The van der Waals surface area contributed by atoms with Gasteiger partial charge in [-0.2, -0.15) is 0 Å². The SMILES string of the molecule is CCCCc1cc(=O)[nH]c(SCCC)n1. The van der Waals surface area contributed by atoms with Gasteiger partial charge in [0.05, 0.1) is 0 Å². The van der Waals surface area contributed by atoms with E-state index in [0.29, 0.717) is 0 Å². The average molecular weight is 226 g/mol. The van der Waals surface area contributed by atoms with Crippen LogP contribution < -0.4 is 5.56 Å². The minimum absolute atomic E-state index is 0.0327. The highest BCUT2D eigenvalue weighted by Gasteiger charge is 2.01. The van der Waals surface area contributed by atoms with E-state index in [1.165, 1.54) is 0 Å². The molecule has 1 aromatic rings. The lowest BCUT2D eigenvalue weighted by atomic mass is 10.2. The molecule has 0 saturated carbocycles. The molecular weight excluding hydrogens is 208 g/mol. The fraction of sp³-hybridized carbons (Fsp3) is 0.636. The molecule has 0 spiro atoms. The van der Waals surface area contributed by atoms with Gasteiger partial charge < -0.3 is 4.98 Å². The fourth-order valence-electron chi connectivity index (χ4n) is 1.24. The minimum atomic E-state index is -0.0327. The van der Waals surface area contributed by atoms with Crippen LogP contribution in [0.5, 0.6) is 0 Å². The normalized spacial score (nSPS) is 10.5. The number of hydrogen-bond acceptors (Lipinski definition) is 3. The fourth-order valence-corrected chi connectivity index (χ4v) is 1.99. The van der Waals surface area contributed by atoms with E-state index < -0.39 is 0 Å². The van der Waals surface area contributed by atoms with Crippen LogP contribution in [0.2, 0.25) is 0 Å². The third-order valence-electron chi connectivity index (χ3n) is 2.00. The Morgan fingerprint density at radius 1 is 1.40 bits per heavy atom. The van der Waals surface area contributed by atoms with Crippen molar-refractivity contribution in [1.29, 1.82) is 0 Å². The molecule has 1 N–H and O–H groups in total. The van der Waals surface area contributed by atoms with Crippen molar-refractivity contribution in [2.75, 3.05) is 5.75 Å². The van der Waals surface area contributed by atoms with E-state index in [2.05, 4.69) is 23.8 Å². The highest BCUT2D eigenvalue weighted by atomic mass is 32.2. The maximum Gasteiger partial charge on any atom is 0.251 e. The molecule has 0 fully saturated rings. The summed E-state index contributed by atoms with van der Waals surface area (Å²) in [6.45, 7) is 4.26. The van der Waals surface area contributed by atoms with Gasteiger partial charge in [0.15, 0.2) is 5.16 Å². The molecule has 1 rings (SSSR count). The first-order valence-electron chi connectivity index (χ1n) is 5.49. The Balaban J connectivity index is 2.71. The highest BCUT2D eigenvalue weighted by molar-refractivity contribution is 7.99. The lowest BCUT2D eigenvalue weighted by Crippen LogP contribution is -2.10. The summed E-state index contributed by atoms with van der Waals surface area (Å²) in [6, 6.07) is 1.60. The lowest BCUT2D eigenvalue weighted by molar-refractivity contribution is 0.751. The van der Waals surface area contributed by atoms with Gasteiger partial charge >= 0.3 is 0 Å². The van der Waals surface area contributed by atoms with Crippen molar-refractivity contribution in [3.8, 4) is 0 Å². The number of unbranched alkanes of at least 4 members (excludes halogenated alkanes) is 1. The van der Waals surface area contributed by atoms with E-state index in [0.717, 1.165) is 42.3 Å². The molecule has 0 saturated heterocycles. The number of rotatable bonds is 6. The van der Waals surface area contributed by atoms with E-state index in [4.69, 9.17) is 0 Å². The van der Waals surface area contributed by atoms with E-state index >= 15 is 0 Å². The molecule has 0 unspecified atom stereocenters. The Morgan fingerprint density at radius 2 is 2.20 bits per heavy atom. The van der Waals surface area contributed by atoms with Crippen molar-refractivity contribution in [3.63, 3.8) is 0 Å². The van der Waals surface area contributed by atoms with Gasteiger partial charge in [-0.05, 0) is 19.3 Å². The topological polar surface area (TPSA) is 45.8 Å². The van der Waals surface area contributed by atoms with Crippen LogP contribution in [-0.4, -0.2) is 15.7 Å². The average Bonchev–Trinajstić information content (AvgIpc) is 2.23. The lowest BCUT2D eigenvalue weighted by Gasteiger charge is -2.02. The van der Waals surface area contributed by atoms with Gasteiger partial charge in [-0.3, -0.25) is 4.79 Å². The van der Waals surface area contributed by atoms with Crippen molar-refractivity contribution in [1.82, 2.24) is 9.97 Å². The predicted molar refractivity (Wildman–Crippen MR) is 64.5 cm³/mol. The summed E-state index contributed by atoms with van der Waals surface area (Å²) in [4.78, 5) is 18.5. The summed E-state index contributed by atoms with van der Waals surface area (Å²) in [5.41, 5.74) is 0.883. The van der Waals surface area contributed by atoms with Crippen LogP contribution >= 0.6 is 11.8 Å². The predicted octanol–water partition coefficient (Wildman–Crippen LogP) is 2.61. The molecule has 3 nitrogen and oxygen atoms in total. The molecule has 0 radical (unpaired) electrons. The Hall–Kier alpha value is -0.770. The van der Waals surface area contributed by atoms with Gasteiger partial charge in [0.1, 0.15) is 0 Å². The zero-order valence-electron chi connectivity index (χ0n) is 9.38. The number of hydrogen-bond donors (Lipinski definition) is 1. The second-order valence-corrected chi connectivity index (χ2v) is 4.58. The Labute approximate surface area is 94.7 Å². The third-order valence-corrected chi connectivity index (χ3v) is 3.08. The molecule has 0 atom stereocenters. The third kappa shape index (κ3) is 4.51. The molecule has 0 aromatic carbocycles. The van der Waals surface area contributed by atoms with Crippen LogP contribution in [0.1, 0.15) is 38.8 Å². The quantitative estimate of drug-likeness (QED) is 0.599. The zero-order chi connectivity index (χ0) is 11.1. The number of aromatic nitrogens is 2.